The lowest BCUT2D eigenvalue weighted by atomic mass is 10.1. The topological polar surface area (TPSA) is 105 Å². The van der Waals surface area contributed by atoms with Crippen molar-refractivity contribution in [2.24, 2.45) is 5.73 Å². The normalized spacial score (nSPS) is 14.1. The molecule has 0 aliphatic carbocycles. The van der Waals surface area contributed by atoms with Gasteiger partial charge in [0.15, 0.2) is 0 Å². The number of anilines is 1. The monoisotopic (exact) mass is 525 g/mol. The Labute approximate surface area is 216 Å². The maximum atomic E-state index is 11.7. The van der Waals surface area contributed by atoms with Gasteiger partial charge in [0.05, 0.1) is 11.3 Å². The Hall–Kier alpha value is -4.38. The zero-order chi connectivity index (χ0) is 27.3. The van der Waals surface area contributed by atoms with Crippen LogP contribution in [0.3, 0.4) is 0 Å². The summed E-state index contributed by atoms with van der Waals surface area (Å²) in [6.07, 6.45) is -3.15. The fraction of sp³-hybridized carbons (Fsp3) is 0.222. The van der Waals surface area contributed by atoms with Crippen LogP contribution < -0.4 is 10.6 Å². The van der Waals surface area contributed by atoms with Crippen LogP contribution in [-0.4, -0.2) is 64.0 Å². The predicted molar refractivity (Wildman–Crippen MR) is 137 cm³/mol. The molecular weight excluding hydrogens is 499 g/mol. The molecule has 0 bridgehead atoms. The molecule has 0 spiro atoms. The number of fused-ring (bicyclic) bond motifs is 1. The van der Waals surface area contributed by atoms with E-state index in [0.29, 0.717) is 11.1 Å². The van der Waals surface area contributed by atoms with E-state index in [4.69, 9.17) is 15.6 Å². The first-order valence-electron chi connectivity index (χ1n) is 11.8. The molecule has 0 radical (unpaired) electrons. The molecule has 38 heavy (non-hydrogen) atoms. The second-order valence-corrected chi connectivity index (χ2v) is 8.75. The number of aliphatic carboxylic acids is 1. The second-order valence-electron chi connectivity index (χ2n) is 8.75. The van der Waals surface area contributed by atoms with Crippen LogP contribution in [0.4, 0.5) is 18.9 Å². The Morgan fingerprint density at radius 3 is 2.08 bits per heavy atom. The fourth-order valence-electron chi connectivity index (χ4n) is 4.19. The highest BCUT2D eigenvalue weighted by molar-refractivity contribution is 6.04. The molecule has 1 fully saturated rings. The van der Waals surface area contributed by atoms with E-state index in [2.05, 4.69) is 69.5 Å². The fourth-order valence-corrected chi connectivity index (χ4v) is 4.19. The number of nitrogens with two attached hydrogens (primary N) is 1. The third kappa shape index (κ3) is 6.48. The number of halogens is 3. The number of hydrogen-bond donors (Lipinski definition) is 2. The molecule has 0 saturated carbocycles. The molecular formula is C27H26F3N5O3. The summed E-state index contributed by atoms with van der Waals surface area (Å²) in [7, 11) is 0. The SMILES string of the molecule is NC(=O)c1cccc2cn(-c3ccc(CN4CCN(c5ccccc5)CC4)cc3)nc12.O=C(O)C(F)(F)F. The Morgan fingerprint density at radius 2 is 1.50 bits per heavy atom. The highest BCUT2D eigenvalue weighted by Gasteiger charge is 2.38. The summed E-state index contributed by atoms with van der Waals surface area (Å²) in [5.41, 5.74) is 10.1. The minimum absolute atomic E-state index is 0.447. The summed E-state index contributed by atoms with van der Waals surface area (Å²) in [6.45, 7) is 5.14. The van der Waals surface area contributed by atoms with Gasteiger partial charge in [0.1, 0.15) is 5.52 Å². The second kappa shape index (κ2) is 11.3. The first-order valence-corrected chi connectivity index (χ1v) is 11.8. The van der Waals surface area contributed by atoms with Crippen LogP contribution in [0.15, 0.2) is 79.0 Å². The summed E-state index contributed by atoms with van der Waals surface area (Å²) < 4.78 is 33.5. The highest BCUT2D eigenvalue weighted by Crippen LogP contribution is 2.21. The summed E-state index contributed by atoms with van der Waals surface area (Å²) in [5, 5.41) is 12.6. The first-order chi connectivity index (χ1) is 18.1. The van der Waals surface area contributed by atoms with Gasteiger partial charge in [0.25, 0.3) is 5.91 Å². The third-order valence-electron chi connectivity index (χ3n) is 6.14. The molecule has 0 unspecified atom stereocenters. The molecule has 3 N–H and O–H groups in total. The number of rotatable bonds is 5. The van der Waals surface area contributed by atoms with Gasteiger partial charge in [-0.1, -0.05) is 42.5 Å². The number of hydrogen-bond acceptors (Lipinski definition) is 5. The van der Waals surface area contributed by atoms with Gasteiger partial charge in [0, 0.05) is 50.0 Å². The maximum absolute atomic E-state index is 11.7. The zero-order valence-electron chi connectivity index (χ0n) is 20.3. The number of amides is 1. The molecule has 5 rings (SSSR count). The molecule has 4 aromatic rings. The van der Waals surface area contributed by atoms with Gasteiger partial charge >= 0.3 is 12.1 Å². The van der Waals surface area contributed by atoms with Gasteiger partial charge in [-0.25, -0.2) is 9.48 Å². The van der Waals surface area contributed by atoms with Crippen molar-refractivity contribution in [3.8, 4) is 5.69 Å². The summed E-state index contributed by atoms with van der Waals surface area (Å²) in [5.74, 6) is -3.22. The summed E-state index contributed by atoms with van der Waals surface area (Å²) in [4.78, 5) is 25.5. The van der Waals surface area contributed by atoms with Crippen LogP contribution in [0.1, 0.15) is 15.9 Å². The molecule has 1 aromatic heterocycles. The average molecular weight is 526 g/mol. The van der Waals surface area contributed by atoms with Crippen molar-refractivity contribution in [3.63, 3.8) is 0 Å². The minimum Gasteiger partial charge on any atom is -0.475 e. The molecule has 1 aliphatic heterocycles. The molecule has 11 heteroatoms. The van der Waals surface area contributed by atoms with Gasteiger partial charge in [-0.05, 0) is 35.9 Å². The van der Waals surface area contributed by atoms with E-state index in [1.807, 2.05) is 18.3 Å². The lowest BCUT2D eigenvalue weighted by molar-refractivity contribution is -0.192. The smallest absolute Gasteiger partial charge is 0.475 e. The van der Waals surface area contributed by atoms with Crippen LogP contribution in [0.5, 0.6) is 0 Å². The molecule has 198 valence electrons. The third-order valence-corrected chi connectivity index (χ3v) is 6.14. The largest absolute Gasteiger partial charge is 0.490 e. The van der Waals surface area contributed by atoms with Crippen LogP contribution >= 0.6 is 0 Å². The number of carboxylic acid groups (broad SMARTS) is 1. The quantitative estimate of drug-likeness (QED) is 0.407. The number of piperazine rings is 1. The molecule has 1 amide bonds. The lowest BCUT2D eigenvalue weighted by Crippen LogP contribution is -2.45. The molecule has 0 atom stereocenters. The summed E-state index contributed by atoms with van der Waals surface area (Å²) in [6, 6.07) is 24.6. The van der Waals surface area contributed by atoms with Crippen LogP contribution in [-0.2, 0) is 11.3 Å². The van der Waals surface area contributed by atoms with E-state index in [0.717, 1.165) is 43.8 Å². The van der Waals surface area contributed by atoms with E-state index in [1.54, 1.807) is 10.7 Å². The molecule has 2 heterocycles. The highest BCUT2D eigenvalue weighted by atomic mass is 19.4. The van der Waals surface area contributed by atoms with E-state index in [-0.39, 0.29) is 0 Å². The number of primary amides is 1. The van der Waals surface area contributed by atoms with Crippen molar-refractivity contribution >= 4 is 28.5 Å². The van der Waals surface area contributed by atoms with Crippen molar-refractivity contribution in [3.05, 3.63) is 90.1 Å². The standard InChI is InChI=1S/C25H25N5O.C2HF3O2/c26-25(31)23-8-4-5-20-18-30(27-24(20)23)22-11-9-19(10-12-22)17-28-13-15-29(16-14-28)21-6-2-1-3-7-21;3-2(4,5)1(6)7/h1-12,18H,13-17H2,(H2,26,31);(H,6,7). The number of nitrogens with zero attached hydrogens (tertiary/aromatic N) is 4. The zero-order valence-corrected chi connectivity index (χ0v) is 20.3. The van der Waals surface area contributed by atoms with Gasteiger partial charge in [-0.15, -0.1) is 0 Å². The van der Waals surface area contributed by atoms with E-state index in [1.165, 1.54) is 11.3 Å². The number of para-hydroxylation sites is 1. The Balaban J connectivity index is 0.000000426. The van der Waals surface area contributed by atoms with Gasteiger partial charge in [-0.3, -0.25) is 9.69 Å². The number of aromatic nitrogens is 2. The number of carbonyl (C=O) groups excluding carboxylic acids is 1. The Kier molecular flexibility index (Phi) is 7.96. The van der Waals surface area contributed by atoms with Crippen LogP contribution in [0, 0.1) is 0 Å². The van der Waals surface area contributed by atoms with Crippen LogP contribution in [0.2, 0.25) is 0 Å². The number of carboxylic acids is 1. The van der Waals surface area contributed by atoms with Gasteiger partial charge in [-0.2, -0.15) is 18.3 Å². The lowest BCUT2D eigenvalue weighted by Gasteiger charge is -2.36. The minimum atomic E-state index is -5.08. The predicted octanol–water partition coefficient (Wildman–Crippen LogP) is 4.08. The van der Waals surface area contributed by atoms with Gasteiger partial charge < -0.3 is 15.7 Å². The maximum Gasteiger partial charge on any atom is 0.490 e. The van der Waals surface area contributed by atoms with Crippen LogP contribution in [0.25, 0.3) is 16.6 Å². The summed E-state index contributed by atoms with van der Waals surface area (Å²) >= 11 is 0. The Morgan fingerprint density at radius 1 is 0.868 bits per heavy atom. The number of benzene rings is 3. The first kappa shape index (κ1) is 26.7. The molecule has 1 saturated heterocycles. The van der Waals surface area contributed by atoms with E-state index in [9.17, 15) is 18.0 Å². The molecule has 8 nitrogen and oxygen atoms in total. The van der Waals surface area contributed by atoms with Gasteiger partial charge in [0.2, 0.25) is 0 Å². The number of alkyl halides is 3. The van der Waals surface area contributed by atoms with Crippen molar-refractivity contribution in [2.75, 3.05) is 31.1 Å². The van der Waals surface area contributed by atoms with Crippen molar-refractivity contribution in [1.82, 2.24) is 14.7 Å². The van der Waals surface area contributed by atoms with E-state index >= 15 is 0 Å². The Bertz CT molecular complexity index is 1400. The van der Waals surface area contributed by atoms with Crippen molar-refractivity contribution < 1.29 is 27.9 Å². The van der Waals surface area contributed by atoms with Crippen molar-refractivity contribution in [1.29, 1.82) is 0 Å². The number of carbonyl (C=O) groups is 2. The van der Waals surface area contributed by atoms with E-state index < -0.39 is 18.1 Å². The average Bonchev–Trinajstić information content (AvgIpc) is 3.34. The van der Waals surface area contributed by atoms with Crippen molar-refractivity contribution in [2.45, 2.75) is 12.7 Å². The molecule has 1 aliphatic rings. The molecule has 3 aromatic carbocycles.